The van der Waals surface area contributed by atoms with Crippen LogP contribution in [0.1, 0.15) is 23.5 Å². The van der Waals surface area contributed by atoms with Crippen molar-refractivity contribution in [2.45, 2.75) is 19.3 Å². The fraction of sp³-hybridized carbons (Fsp3) is 0.500. The summed E-state index contributed by atoms with van der Waals surface area (Å²) in [5, 5.41) is 0. The third kappa shape index (κ3) is 1.50. The molecule has 0 aliphatic carbocycles. The molecule has 1 aromatic rings. The molecule has 0 saturated carbocycles. The second-order valence-corrected chi connectivity index (χ2v) is 4.22. The monoisotopic (exact) mass is 190 g/mol. The second kappa shape index (κ2) is 3.62. The van der Waals surface area contributed by atoms with Crippen molar-refractivity contribution in [3.8, 4) is 0 Å². The number of aryl methyl sites for hydroxylation is 1. The van der Waals surface area contributed by atoms with E-state index in [4.69, 9.17) is 5.73 Å². The van der Waals surface area contributed by atoms with E-state index in [-0.39, 0.29) is 0 Å². The third-order valence-electron chi connectivity index (χ3n) is 3.05. The molecule has 1 atom stereocenters. The molecular formula is C12H18N2. The molecule has 2 rings (SSSR count). The average Bonchev–Trinajstić information content (AvgIpc) is 2.44. The molecule has 76 valence electrons. The lowest BCUT2D eigenvalue weighted by molar-refractivity contribution is 0.662. The molecule has 2 heteroatoms. The lowest BCUT2D eigenvalue weighted by atomic mass is 9.97. The van der Waals surface area contributed by atoms with Crippen LogP contribution in [0.15, 0.2) is 18.2 Å². The first kappa shape index (κ1) is 9.53. The highest BCUT2D eigenvalue weighted by atomic mass is 15.1. The molecule has 0 amide bonds. The number of nitrogens with zero attached hydrogens (tertiary/aromatic N) is 1. The number of hydrogen-bond acceptors (Lipinski definition) is 2. The first-order valence-corrected chi connectivity index (χ1v) is 5.24. The summed E-state index contributed by atoms with van der Waals surface area (Å²) >= 11 is 0. The topological polar surface area (TPSA) is 29.3 Å². The van der Waals surface area contributed by atoms with Crippen LogP contribution in [0.25, 0.3) is 0 Å². The molecule has 1 aliphatic rings. The third-order valence-corrected chi connectivity index (χ3v) is 3.05. The maximum atomic E-state index is 5.62. The molecule has 0 radical (unpaired) electrons. The van der Waals surface area contributed by atoms with Crippen molar-refractivity contribution in [3.63, 3.8) is 0 Å². The van der Waals surface area contributed by atoms with Gasteiger partial charge in [-0.1, -0.05) is 12.1 Å². The van der Waals surface area contributed by atoms with E-state index in [0.29, 0.717) is 5.92 Å². The maximum absolute atomic E-state index is 5.62. The van der Waals surface area contributed by atoms with Crippen molar-refractivity contribution < 1.29 is 0 Å². The van der Waals surface area contributed by atoms with E-state index in [1.165, 1.54) is 16.8 Å². The summed E-state index contributed by atoms with van der Waals surface area (Å²) < 4.78 is 0. The van der Waals surface area contributed by atoms with Crippen molar-refractivity contribution in [1.29, 1.82) is 0 Å². The Morgan fingerprint density at radius 1 is 1.50 bits per heavy atom. The average molecular weight is 190 g/mol. The number of rotatable bonds is 2. The first-order chi connectivity index (χ1) is 6.72. The van der Waals surface area contributed by atoms with Crippen molar-refractivity contribution in [3.05, 3.63) is 29.3 Å². The quantitative estimate of drug-likeness (QED) is 0.771. The van der Waals surface area contributed by atoms with Crippen molar-refractivity contribution >= 4 is 5.69 Å². The van der Waals surface area contributed by atoms with Gasteiger partial charge in [0.1, 0.15) is 0 Å². The Kier molecular flexibility index (Phi) is 2.46. The van der Waals surface area contributed by atoms with E-state index >= 15 is 0 Å². The lowest BCUT2D eigenvalue weighted by Crippen LogP contribution is -2.17. The van der Waals surface area contributed by atoms with E-state index in [1.54, 1.807) is 0 Å². The van der Waals surface area contributed by atoms with E-state index in [1.807, 2.05) is 0 Å². The molecule has 0 aromatic heterocycles. The predicted molar refractivity (Wildman–Crippen MR) is 60.9 cm³/mol. The van der Waals surface area contributed by atoms with Gasteiger partial charge >= 0.3 is 0 Å². The summed E-state index contributed by atoms with van der Waals surface area (Å²) in [6.07, 6.45) is 1.10. The normalized spacial score (nSPS) is 19.9. The van der Waals surface area contributed by atoms with Crippen LogP contribution in [0, 0.1) is 6.92 Å². The first-order valence-electron chi connectivity index (χ1n) is 5.24. The maximum Gasteiger partial charge on any atom is 0.0402 e. The van der Waals surface area contributed by atoms with Gasteiger partial charge in [-0.05, 0) is 37.1 Å². The zero-order valence-electron chi connectivity index (χ0n) is 8.96. The summed E-state index contributed by atoms with van der Waals surface area (Å²) in [5.74, 6) is 0.639. The van der Waals surface area contributed by atoms with Gasteiger partial charge in [0, 0.05) is 25.2 Å². The minimum atomic E-state index is 0.639. The zero-order chi connectivity index (χ0) is 10.1. The second-order valence-electron chi connectivity index (χ2n) is 4.22. The highest BCUT2D eigenvalue weighted by Gasteiger charge is 2.25. The minimum Gasteiger partial charge on any atom is -0.374 e. The van der Waals surface area contributed by atoms with Crippen LogP contribution in [-0.2, 0) is 0 Å². The van der Waals surface area contributed by atoms with Crippen LogP contribution >= 0.6 is 0 Å². The summed E-state index contributed by atoms with van der Waals surface area (Å²) in [7, 11) is 2.16. The molecule has 2 N–H and O–H groups in total. The largest absolute Gasteiger partial charge is 0.374 e. The molecule has 0 fully saturated rings. The lowest BCUT2D eigenvalue weighted by Gasteiger charge is -2.12. The van der Waals surface area contributed by atoms with Crippen LogP contribution in [0.2, 0.25) is 0 Å². The Morgan fingerprint density at radius 2 is 2.29 bits per heavy atom. The van der Waals surface area contributed by atoms with Gasteiger partial charge in [-0.3, -0.25) is 0 Å². The number of benzene rings is 1. The van der Waals surface area contributed by atoms with Crippen LogP contribution in [0.5, 0.6) is 0 Å². The molecule has 14 heavy (non-hydrogen) atoms. The Labute approximate surface area is 85.7 Å². The van der Waals surface area contributed by atoms with Gasteiger partial charge in [-0.15, -0.1) is 0 Å². The van der Waals surface area contributed by atoms with E-state index in [0.717, 1.165) is 19.5 Å². The summed E-state index contributed by atoms with van der Waals surface area (Å²) in [5.41, 5.74) is 9.83. The van der Waals surface area contributed by atoms with Crippen LogP contribution in [-0.4, -0.2) is 20.1 Å². The number of likely N-dealkylation sites (N-methyl/N-ethyl adjacent to an activating group) is 1. The van der Waals surface area contributed by atoms with Crippen LogP contribution in [0.3, 0.4) is 0 Å². The molecule has 1 heterocycles. The number of hydrogen-bond donors (Lipinski definition) is 1. The van der Waals surface area contributed by atoms with E-state index in [2.05, 4.69) is 37.1 Å². The van der Waals surface area contributed by atoms with Crippen LogP contribution < -0.4 is 10.6 Å². The number of nitrogens with two attached hydrogens (primary N) is 1. The molecular weight excluding hydrogens is 172 g/mol. The van der Waals surface area contributed by atoms with Gasteiger partial charge in [0.05, 0.1) is 0 Å². The van der Waals surface area contributed by atoms with Gasteiger partial charge < -0.3 is 10.6 Å². The Bertz CT molecular complexity index is 333. The highest BCUT2D eigenvalue weighted by Crippen LogP contribution is 2.37. The molecule has 1 unspecified atom stereocenters. The fourth-order valence-corrected chi connectivity index (χ4v) is 2.30. The van der Waals surface area contributed by atoms with Crippen molar-refractivity contribution in [2.75, 3.05) is 25.0 Å². The number of anilines is 1. The Hall–Kier alpha value is -1.02. The Morgan fingerprint density at radius 3 is 3.00 bits per heavy atom. The van der Waals surface area contributed by atoms with Gasteiger partial charge in [0.25, 0.3) is 0 Å². The molecule has 0 bridgehead atoms. The molecule has 1 aliphatic heterocycles. The van der Waals surface area contributed by atoms with E-state index < -0.39 is 0 Å². The number of fused-ring (bicyclic) bond motifs is 1. The summed E-state index contributed by atoms with van der Waals surface area (Å²) in [6.45, 7) is 4.05. The van der Waals surface area contributed by atoms with Gasteiger partial charge in [-0.2, -0.15) is 0 Å². The SMILES string of the molecule is Cc1ccc2c(c1)N(C)CC2CCN. The zero-order valence-corrected chi connectivity index (χ0v) is 8.96. The highest BCUT2D eigenvalue weighted by molar-refractivity contribution is 5.60. The smallest absolute Gasteiger partial charge is 0.0402 e. The summed E-state index contributed by atoms with van der Waals surface area (Å²) in [6, 6.07) is 6.72. The fourth-order valence-electron chi connectivity index (χ4n) is 2.30. The van der Waals surface area contributed by atoms with Gasteiger partial charge in [0.15, 0.2) is 0 Å². The predicted octanol–water partition coefficient (Wildman–Crippen LogP) is 1.88. The molecule has 0 spiro atoms. The van der Waals surface area contributed by atoms with Crippen LogP contribution in [0.4, 0.5) is 5.69 Å². The standard InChI is InChI=1S/C12H18N2/c1-9-3-4-11-10(5-6-13)8-14(2)12(11)7-9/h3-4,7,10H,5-6,8,13H2,1-2H3. The molecule has 0 saturated heterocycles. The van der Waals surface area contributed by atoms with Gasteiger partial charge in [0.2, 0.25) is 0 Å². The van der Waals surface area contributed by atoms with Gasteiger partial charge in [-0.25, -0.2) is 0 Å². The molecule has 1 aromatic carbocycles. The minimum absolute atomic E-state index is 0.639. The van der Waals surface area contributed by atoms with Crippen molar-refractivity contribution in [2.24, 2.45) is 5.73 Å². The molecule has 2 nitrogen and oxygen atoms in total. The summed E-state index contributed by atoms with van der Waals surface area (Å²) in [4.78, 5) is 2.34. The van der Waals surface area contributed by atoms with E-state index in [9.17, 15) is 0 Å². The van der Waals surface area contributed by atoms with Crippen molar-refractivity contribution in [1.82, 2.24) is 0 Å². The Balaban J connectivity index is 2.34.